The molecular formula is C23H25N3O4S2. The average Bonchev–Trinajstić information content (AvgIpc) is 3.19. The molecule has 0 saturated carbocycles. The maximum atomic E-state index is 13.0. The Hall–Kier alpha value is -2.75. The predicted octanol–water partition coefficient (Wildman–Crippen LogP) is 3.78. The number of nitrogens with one attached hydrogen (secondary N) is 1. The number of para-hydroxylation sites is 1. The van der Waals surface area contributed by atoms with Gasteiger partial charge in [0.15, 0.2) is 5.13 Å². The molecule has 1 aromatic heterocycles. The first kappa shape index (κ1) is 22.4. The van der Waals surface area contributed by atoms with Crippen molar-refractivity contribution in [3.63, 3.8) is 0 Å². The molecule has 1 aliphatic rings. The van der Waals surface area contributed by atoms with E-state index < -0.39 is 10.0 Å². The molecule has 1 N–H and O–H groups in total. The summed E-state index contributed by atoms with van der Waals surface area (Å²) < 4.78 is 32.8. The number of fused-ring (bicyclic) bond motifs is 1. The molecule has 9 heteroatoms. The van der Waals surface area contributed by atoms with Crippen LogP contribution in [-0.2, 0) is 34.2 Å². The van der Waals surface area contributed by atoms with Crippen LogP contribution in [0.3, 0.4) is 0 Å². The Morgan fingerprint density at radius 2 is 1.94 bits per heavy atom. The van der Waals surface area contributed by atoms with Gasteiger partial charge in [0.25, 0.3) is 0 Å². The minimum absolute atomic E-state index is 0.133. The number of hydrogen-bond donors (Lipinski definition) is 1. The number of sulfonamides is 1. The lowest BCUT2D eigenvalue weighted by Crippen LogP contribution is -2.35. The Kier molecular flexibility index (Phi) is 6.59. The second-order valence-corrected chi connectivity index (χ2v) is 10.7. The summed E-state index contributed by atoms with van der Waals surface area (Å²) in [7, 11) is -1.96. The van der Waals surface area contributed by atoms with Crippen LogP contribution in [0.2, 0.25) is 0 Å². The van der Waals surface area contributed by atoms with Crippen LogP contribution in [0.15, 0.2) is 53.4 Å². The molecule has 3 aromatic rings. The lowest BCUT2D eigenvalue weighted by Gasteiger charge is -2.25. The fourth-order valence-electron chi connectivity index (χ4n) is 3.63. The summed E-state index contributed by atoms with van der Waals surface area (Å²) in [6.07, 6.45) is 1.38. The van der Waals surface area contributed by atoms with Crippen molar-refractivity contribution < 1.29 is 17.9 Å². The molecule has 32 heavy (non-hydrogen) atoms. The van der Waals surface area contributed by atoms with E-state index in [1.807, 2.05) is 31.2 Å². The van der Waals surface area contributed by atoms with Crippen molar-refractivity contribution in [1.29, 1.82) is 0 Å². The van der Waals surface area contributed by atoms with Crippen LogP contribution in [0.4, 0.5) is 5.13 Å². The molecule has 0 aliphatic carbocycles. The van der Waals surface area contributed by atoms with Gasteiger partial charge in [0.05, 0.1) is 24.2 Å². The summed E-state index contributed by atoms with van der Waals surface area (Å²) >= 11 is 1.34. The molecule has 168 valence electrons. The Bertz CT molecular complexity index is 1220. The highest BCUT2D eigenvalue weighted by molar-refractivity contribution is 7.89. The Labute approximate surface area is 192 Å². The SMILES string of the molecule is COc1ccccc1CCC(=O)Nc1nc2c(s1)CN(S(=O)(=O)c1ccc(C)cc1)CC2. The zero-order valence-electron chi connectivity index (χ0n) is 18.0. The molecule has 0 saturated heterocycles. The summed E-state index contributed by atoms with van der Waals surface area (Å²) in [5.74, 6) is 0.631. The highest BCUT2D eigenvalue weighted by Crippen LogP contribution is 2.31. The monoisotopic (exact) mass is 471 g/mol. The zero-order valence-corrected chi connectivity index (χ0v) is 19.6. The highest BCUT2D eigenvalue weighted by atomic mass is 32.2. The molecule has 1 aliphatic heterocycles. The Balaban J connectivity index is 1.40. The molecule has 2 aromatic carbocycles. The van der Waals surface area contributed by atoms with Crippen molar-refractivity contribution in [2.24, 2.45) is 0 Å². The zero-order chi connectivity index (χ0) is 22.7. The predicted molar refractivity (Wildman–Crippen MR) is 125 cm³/mol. The average molecular weight is 472 g/mol. The lowest BCUT2D eigenvalue weighted by molar-refractivity contribution is -0.116. The summed E-state index contributed by atoms with van der Waals surface area (Å²) in [6.45, 7) is 2.56. The number of carbonyl (C=O) groups is 1. The second kappa shape index (κ2) is 9.40. The molecule has 0 spiro atoms. The number of aryl methyl sites for hydroxylation is 2. The second-order valence-electron chi connectivity index (χ2n) is 7.65. The van der Waals surface area contributed by atoms with Gasteiger partial charge in [-0.25, -0.2) is 13.4 Å². The van der Waals surface area contributed by atoms with Gasteiger partial charge in [-0.2, -0.15) is 4.31 Å². The third-order valence-corrected chi connectivity index (χ3v) is 8.27. The molecule has 0 fully saturated rings. The smallest absolute Gasteiger partial charge is 0.243 e. The van der Waals surface area contributed by atoms with Crippen LogP contribution in [-0.4, -0.2) is 37.3 Å². The Morgan fingerprint density at radius 1 is 1.19 bits per heavy atom. The van der Waals surface area contributed by atoms with E-state index in [-0.39, 0.29) is 12.5 Å². The van der Waals surface area contributed by atoms with E-state index in [0.29, 0.717) is 35.8 Å². The van der Waals surface area contributed by atoms with Crippen molar-refractivity contribution in [3.8, 4) is 5.75 Å². The fourth-order valence-corrected chi connectivity index (χ4v) is 6.16. The number of anilines is 1. The summed E-state index contributed by atoms with van der Waals surface area (Å²) in [5.41, 5.74) is 2.84. The van der Waals surface area contributed by atoms with E-state index in [1.165, 1.54) is 15.6 Å². The van der Waals surface area contributed by atoms with Crippen molar-refractivity contribution in [2.75, 3.05) is 19.0 Å². The van der Waals surface area contributed by atoms with E-state index in [2.05, 4.69) is 10.3 Å². The summed E-state index contributed by atoms with van der Waals surface area (Å²) in [4.78, 5) is 18.1. The minimum Gasteiger partial charge on any atom is -0.496 e. The first-order valence-electron chi connectivity index (χ1n) is 10.3. The number of carbonyl (C=O) groups excluding carboxylic acids is 1. The largest absolute Gasteiger partial charge is 0.496 e. The number of ether oxygens (including phenoxy) is 1. The molecule has 4 rings (SSSR count). The first-order valence-corrected chi connectivity index (χ1v) is 12.6. The van der Waals surface area contributed by atoms with E-state index in [9.17, 15) is 13.2 Å². The molecule has 1 amide bonds. The van der Waals surface area contributed by atoms with Crippen molar-refractivity contribution >= 4 is 32.4 Å². The van der Waals surface area contributed by atoms with Crippen LogP contribution in [0.5, 0.6) is 5.75 Å². The van der Waals surface area contributed by atoms with Gasteiger partial charge in [-0.05, 0) is 37.1 Å². The molecule has 2 heterocycles. The standard InChI is InChI=1S/C23H25N3O4S2/c1-16-7-10-18(11-8-16)32(28,29)26-14-13-19-21(15-26)31-23(24-19)25-22(27)12-9-17-5-3-4-6-20(17)30-2/h3-8,10-11H,9,12-15H2,1-2H3,(H,24,25,27). The van der Waals surface area contributed by atoms with Gasteiger partial charge in [-0.15, -0.1) is 11.3 Å². The van der Waals surface area contributed by atoms with E-state index >= 15 is 0 Å². The van der Waals surface area contributed by atoms with E-state index in [0.717, 1.165) is 27.4 Å². The Morgan fingerprint density at radius 3 is 2.69 bits per heavy atom. The number of hydrogen-bond acceptors (Lipinski definition) is 6. The molecule has 0 bridgehead atoms. The maximum Gasteiger partial charge on any atom is 0.243 e. The van der Waals surface area contributed by atoms with E-state index in [4.69, 9.17) is 4.74 Å². The molecule has 7 nitrogen and oxygen atoms in total. The molecule has 0 radical (unpaired) electrons. The minimum atomic E-state index is -3.57. The lowest BCUT2D eigenvalue weighted by atomic mass is 10.1. The number of methoxy groups -OCH3 is 1. The van der Waals surface area contributed by atoms with Crippen LogP contribution in [0, 0.1) is 6.92 Å². The van der Waals surface area contributed by atoms with Crippen molar-refractivity contribution in [3.05, 3.63) is 70.2 Å². The number of benzene rings is 2. The number of thiazole rings is 1. The number of nitrogens with zero attached hydrogens (tertiary/aromatic N) is 2. The van der Waals surface area contributed by atoms with Gasteiger partial charge in [-0.3, -0.25) is 4.79 Å². The number of amides is 1. The van der Waals surface area contributed by atoms with Gasteiger partial charge in [0.1, 0.15) is 5.75 Å². The third kappa shape index (κ3) is 4.85. The quantitative estimate of drug-likeness (QED) is 0.567. The van der Waals surface area contributed by atoms with Crippen LogP contribution in [0.1, 0.15) is 28.1 Å². The van der Waals surface area contributed by atoms with Gasteiger partial charge >= 0.3 is 0 Å². The molecular weight excluding hydrogens is 446 g/mol. The topological polar surface area (TPSA) is 88.6 Å². The normalized spacial score (nSPS) is 14.1. The van der Waals surface area contributed by atoms with Crippen molar-refractivity contribution in [1.82, 2.24) is 9.29 Å². The summed E-state index contributed by atoms with van der Waals surface area (Å²) in [5, 5.41) is 3.37. The molecule has 0 unspecified atom stereocenters. The van der Waals surface area contributed by atoms with Gasteiger partial charge in [0.2, 0.25) is 15.9 Å². The van der Waals surface area contributed by atoms with Gasteiger partial charge in [0, 0.05) is 24.3 Å². The van der Waals surface area contributed by atoms with Crippen LogP contribution < -0.4 is 10.1 Å². The number of rotatable bonds is 7. The van der Waals surface area contributed by atoms with Crippen LogP contribution >= 0.6 is 11.3 Å². The highest BCUT2D eigenvalue weighted by Gasteiger charge is 2.30. The fraction of sp³-hybridized carbons (Fsp3) is 0.304. The third-order valence-electron chi connectivity index (χ3n) is 5.42. The number of aromatic nitrogens is 1. The van der Waals surface area contributed by atoms with Gasteiger partial charge in [-0.1, -0.05) is 35.9 Å². The first-order chi connectivity index (χ1) is 15.4. The van der Waals surface area contributed by atoms with E-state index in [1.54, 1.807) is 31.4 Å². The van der Waals surface area contributed by atoms with Crippen LogP contribution in [0.25, 0.3) is 0 Å². The summed E-state index contributed by atoms with van der Waals surface area (Å²) in [6, 6.07) is 14.5. The van der Waals surface area contributed by atoms with Gasteiger partial charge < -0.3 is 10.1 Å². The maximum absolute atomic E-state index is 13.0. The molecule has 0 atom stereocenters. The van der Waals surface area contributed by atoms with Crippen molar-refractivity contribution in [2.45, 2.75) is 37.6 Å².